The number of Topliss-reactive ketones (excluding diaryl/α,β-unsaturated/α-hetero) is 1. The fourth-order valence-corrected chi connectivity index (χ4v) is 2.19. The molecule has 110 valence electrons. The Balaban J connectivity index is 2.75. The first kappa shape index (κ1) is 16.0. The van der Waals surface area contributed by atoms with E-state index in [9.17, 15) is 4.79 Å². The number of carbonyl (C=O) groups is 1. The van der Waals surface area contributed by atoms with Gasteiger partial charge < -0.3 is 18.9 Å². The Kier molecular flexibility index (Phi) is 6.87. The highest BCUT2D eigenvalue weighted by Crippen LogP contribution is 2.27. The molecular weight excluding hydrogens is 248 g/mol. The van der Waals surface area contributed by atoms with Gasteiger partial charge in [0.2, 0.25) is 11.5 Å². The van der Waals surface area contributed by atoms with Gasteiger partial charge in [-0.2, -0.15) is 0 Å². The molecule has 0 unspecified atom stereocenters. The summed E-state index contributed by atoms with van der Waals surface area (Å²) in [5.74, 6) is 0.615. The van der Waals surface area contributed by atoms with Gasteiger partial charge >= 0.3 is 0 Å². The maximum Gasteiger partial charge on any atom is 0.233 e. The van der Waals surface area contributed by atoms with Crippen molar-refractivity contribution in [2.24, 2.45) is 0 Å². The molecule has 19 heavy (non-hydrogen) atoms. The monoisotopic (exact) mass is 272 g/mol. The zero-order chi connectivity index (χ0) is 14.3. The molecule has 1 aliphatic rings. The average molecular weight is 272 g/mol. The minimum Gasteiger partial charge on any atom is -0.490 e. The molecular formula is C14H24O5. The van der Waals surface area contributed by atoms with Crippen LogP contribution in [0.4, 0.5) is 0 Å². The Hall–Kier alpha value is -1.07. The average Bonchev–Trinajstić information content (AvgIpc) is 2.39. The Bertz CT molecular complexity index is 324. The van der Waals surface area contributed by atoms with Crippen LogP contribution in [0.3, 0.4) is 0 Å². The van der Waals surface area contributed by atoms with Gasteiger partial charge in [-0.1, -0.05) is 19.8 Å². The largest absolute Gasteiger partial charge is 0.490 e. The van der Waals surface area contributed by atoms with E-state index in [0.717, 1.165) is 25.7 Å². The van der Waals surface area contributed by atoms with E-state index in [-0.39, 0.29) is 24.4 Å². The third-order valence-electron chi connectivity index (χ3n) is 3.13. The fraction of sp³-hybridized carbons (Fsp3) is 0.786. The summed E-state index contributed by atoms with van der Waals surface area (Å²) < 4.78 is 21.2. The minimum absolute atomic E-state index is 0.0695. The van der Waals surface area contributed by atoms with Crippen LogP contribution in [0.5, 0.6) is 0 Å². The van der Waals surface area contributed by atoms with Crippen LogP contribution in [0.1, 0.15) is 39.5 Å². The van der Waals surface area contributed by atoms with Gasteiger partial charge in [0.05, 0.1) is 7.11 Å². The van der Waals surface area contributed by atoms with E-state index in [1.54, 1.807) is 6.92 Å². The molecule has 0 fully saturated rings. The smallest absolute Gasteiger partial charge is 0.233 e. The highest BCUT2D eigenvalue weighted by molar-refractivity contribution is 5.98. The second kappa shape index (κ2) is 8.17. The van der Waals surface area contributed by atoms with Crippen molar-refractivity contribution in [2.75, 3.05) is 21.0 Å². The quantitative estimate of drug-likeness (QED) is 0.501. The van der Waals surface area contributed by atoms with E-state index in [1.807, 2.05) is 0 Å². The predicted octanol–water partition coefficient (Wildman–Crippen LogP) is 2.40. The van der Waals surface area contributed by atoms with Gasteiger partial charge in [-0.15, -0.1) is 0 Å². The Morgan fingerprint density at radius 3 is 2.58 bits per heavy atom. The predicted molar refractivity (Wildman–Crippen MR) is 70.5 cm³/mol. The van der Waals surface area contributed by atoms with Crippen LogP contribution in [0.25, 0.3) is 0 Å². The molecule has 1 heterocycles. The molecule has 0 saturated heterocycles. The van der Waals surface area contributed by atoms with Crippen molar-refractivity contribution < 1.29 is 23.7 Å². The van der Waals surface area contributed by atoms with Crippen molar-refractivity contribution in [1.29, 1.82) is 0 Å². The SMILES string of the molecule is CCCCC[C@H]1OC(C)=C(OC)C(=O)[C@@H]1OCOC. The third-order valence-corrected chi connectivity index (χ3v) is 3.13. The van der Waals surface area contributed by atoms with Crippen LogP contribution < -0.4 is 0 Å². The maximum absolute atomic E-state index is 12.3. The number of carbonyl (C=O) groups excluding carboxylic acids is 1. The highest BCUT2D eigenvalue weighted by atomic mass is 16.7. The van der Waals surface area contributed by atoms with Crippen LogP contribution in [0.2, 0.25) is 0 Å². The Morgan fingerprint density at radius 2 is 2.00 bits per heavy atom. The first-order valence-corrected chi connectivity index (χ1v) is 6.71. The molecule has 0 aromatic heterocycles. The van der Waals surface area contributed by atoms with Crippen molar-refractivity contribution in [3.8, 4) is 0 Å². The zero-order valence-electron chi connectivity index (χ0n) is 12.2. The van der Waals surface area contributed by atoms with E-state index in [0.29, 0.717) is 5.76 Å². The van der Waals surface area contributed by atoms with Gasteiger partial charge in [0, 0.05) is 7.11 Å². The summed E-state index contributed by atoms with van der Waals surface area (Å²) in [5, 5.41) is 0. The first-order chi connectivity index (χ1) is 9.15. The maximum atomic E-state index is 12.3. The van der Waals surface area contributed by atoms with E-state index in [4.69, 9.17) is 18.9 Å². The lowest BCUT2D eigenvalue weighted by molar-refractivity contribution is -0.160. The van der Waals surface area contributed by atoms with Crippen LogP contribution >= 0.6 is 0 Å². The second-order valence-corrected chi connectivity index (χ2v) is 4.60. The summed E-state index contributed by atoms with van der Waals surface area (Å²) >= 11 is 0. The van der Waals surface area contributed by atoms with Gasteiger partial charge in [0.25, 0.3) is 0 Å². The van der Waals surface area contributed by atoms with E-state index in [1.165, 1.54) is 14.2 Å². The molecule has 0 aliphatic carbocycles. The molecule has 1 aliphatic heterocycles. The summed E-state index contributed by atoms with van der Waals surface area (Å²) in [7, 11) is 2.99. The van der Waals surface area contributed by atoms with Crippen molar-refractivity contribution in [2.45, 2.75) is 51.7 Å². The Labute approximate surface area is 114 Å². The molecule has 0 N–H and O–H groups in total. The summed E-state index contributed by atoms with van der Waals surface area (Å²) in [4.78, 5) is 12.3. The first-order valence-electron chi connectivity index (χ1n) is 6.71. The molecule has 5 heteroatoms. The second-order valence-electron chi connectivity index (χ2n) is 4.60. The molecule has 2 atom stereocenters. The normalized spacial score (nSPS) is 23.5. The lowest BCUT2D eigenvalue weighted by atomic mass is 9.99. The lowest BCUT2D eigenvalue weighted by Crippen LogP contribution is -2.43. The molecule has 0 aromatic rings. The molecule has 1 rings (SSSR count). The van der Waals surface area contributed by atoms with Crippen LogP contribution in [0, 0.1) is 0 Å². The number of ether oxygens (including phenoxy) is 4. The third kappa shape index (κ3) is 4.21. The van der Waals surface area contributed by atoms with Gasteiger partial charge in [-0.25, -0.2) is 0 Å². The topological polar surface area (TPSA) is 54.0 Å². The number of rotatable bonds is 8. The highest BCUT2D eigenvalue weighted by Gasteiger charge is 2.39. The zero-order valence-corrected chi connectivity index (χ0v) is 12.2. The van der Waals surface area contributed by atoms with Gasteiger partial charge in [0.15, 0.2) is 6.10 Å². The van der Waals surface area contributed by atoms with Gasteiger partial charge in [-0.3, -0.25) is 4.79 Å². The number of hydrogen-bond donors (Lipinski definition) is 0. The molecule has 0 aromatic carbocycles. The molecule has 0 saturated carbocycles. The van der Waals surface area contributed by atoms with Crippen LogP contribution in [-0.4, -0.2) is 39.0 Å². The van der Waals surface area contributed by atoms with Gasteiger partial charge in [0.1, 0.15) is 18.7 Å². The summed E-state index contributed by atoms with van der Waals surface area (Å²) in [6.45, 7) is 3.95. The molecule has 0 spiro atoms. The van der Waals surface area contributed by atoms with Crippen molar-refractivity contribution in [1.82, 2.24) is 0 Å². The molecule has 5 nitrogen and oxygen atoms in total. The number of allylic oxidation sites excluding steroid dienone is 1. The minimum atomic E-state index is -0.643. The van der Waals surface area contributed by atoms with E-state index in [2.05, 4.69) is 6.92 Å². The number of methoxy groups -OCH3 is 2. The van der Waals surface area contributed by atoms with Crippen LogP contribution in [0.15, 0.2) is 11.5 Å². The van der Waals surface area contributed by atoms with Crippen molar-refractivity contribution in [3.63, 3.8) is 0 Å². The number of unbranched alkanes of at least 4 members (excludes halogenated alkanes) is 2. The Morgan fingerprint density at radius 1 is 1.26 bits per heavy atom. The van der Waals surface area contributed by atoms with E-state index < -0.39 is 6.10 Å². The molecule has 0 radical (unpaired) electrons. The van der Waals surface area contributed by atoms with E-state index >= 15 is 0 Å². The number of ketones is 1. The lowest BCUT2D eigenvalue weighted by Gasteiger charge is -2.32. The molecule has 0 bridgehead atoms. The fourth-order valence-electron chi connectivity index (χ4n) is 2.19. The van der Waals surface area contributed by atoms with Gasteiger partial charge in [-0.05, 0) is 19.8 Å². The van der Waals surface area contributed by atoms with Crippen molar-refractivity contribution in [3.05, 3.63) is 11.5 Å². The molecule has 0 amide bonds. The van der Waals surface area contributed by atoms with Crippen molar-refractivity contribution >= 4 is 5.78 Å². The summed E-state index contributed by atoms with van der Waals surface area (Å²) in [6, 6.07) is 0. The number of hydrogen-bond acceptors (Lipinski definition) is 5. The van der Waals surface area contributed by atoms with Crippen LogP contribution in [-0.2, 0) is 23.7 Å². The summed E-state index contributed by atoms with van der Waals surface area (Å²) in [6.07, 6.45) is 3.15. The standard InChI is InChI=1S/C14H24O5/c1-5-6-7-8-11-14(18-9-16-3)12(15)13(17-4)10(2)19-11/h11,14H,5-9H2,1-4H3/t11-,14-/m1/s1. The summed E-state index contributed by atoms with van der Waals surface area (Å²) in [5.41, 5.74) is 0.